The van der Waals surface area contributed by atoms with E-state index in [2.05, 4.69) is 12.2 Å². The summed E-state index contributed by atoms with van der Waals surface area (Å²) < 4.78 is 24.5. The van der Waals surface area contributed by atoms with Gasteiger partial charge in [0.05, 0.1) is 12.2 Å². The van der Waals surface area contributed by atoms with Crippen LogP contribution in [0.3, 0.4) is 0 Å². The van der Waals surface area contributed by atoms with Crippen LogP contribution in [0.2, 0.25) is 0 Å². The van der Waals surface area contributed by atoms with Crippen molar-refractivity contribution in [2.45, 2.75) is 56.8 Å². The zero-order valence-corrected chi connectivity index (χ0v) is 16.5. The van der Waals surface area contributed by atoms with Crippen LogP contribution in [0.5, 0.6) is 5.75 Å². The van der Waals surface area contributed by atoms with Crippen LogP contribution >= 0.6 is 0 Å². The van der Waals surface area contributed by atoms with Crippen molar-refractivity contribution in [2.75, 3.05) is 6.61 Å². The third-order valence-corrected chi connectivity index (χ3v) is 5.61. The van der Waals surface area contributed by atoms with E-state index in [0.717, 1.165) is 25.7 Å². The van der Waals surface area contributed by atoms with Crippen LogP contribution < -0.4 is 4.74 Å². The van der Waals surface area contributed by atoms with E-state index in [1.165, 1.54) is 24.3 Å². The molecule has 2 heterocycles. The van der Waals surface area contributed by atoms with Crippen molar-refractivity contribution in [3.05, 3.63) is 54.4 Å². The summed E-state index contributed by atoms with van der Waals surface area (Å²) in [6.45, 7) is 0.109. The summed E-state index contributed by atoms with van der Waals surface area (Å²) in [5, 5.41) is 18.9. The number of aliphatic hydroxyl groups is 1. The summed E-state index contributed by atoms with van der Waals surface area (Å²) in [6, 6.07) is 5.72. The summed E-state index contributed by atoms with van der Waals surface area (Å²) >= 11 is 0. The Morgan fingerprint density at radius 1 is 1.24 bits per heavy atom. The summed E-state index contributed by atoms with van der Waals surface area (Å²) in [7, 11) is 0. The highest BCUT2D eigenvalue weighted by molar-refractivity contribution is 5.66. The molecule has 2 fully saturated rings. The van der Waals surface area contributed by atoms with Crippen molar-refractivity contribution in [1.29, 1.82) is 0 Å². The Morgan fingerprint density at radius 2 is 2.00 bits per heavy atom. The number of halogens is 1. The van der Waals surface area contributed by atoms with Gasteiger partial charge in [0, 0.05) is 12.3 Å². The lowest BCUT2D eigenvalue weighted by molar-refractivity contribution is -0.137. The molecule has 2 aliphatic heterocycles. The highest BCUT2D eigenvalue weighted by atomic mass is 19.1. The van der Waals surface area contributed by atoms with Crippen molar-refractivity contribution >= 4 is 5.97 Å². The summed E-state index contributed by atoms with van der Waals surface area (Å²) in [5.74, 6) is 0.0833. The van der Waals surface area contributed by atoms with Crippen molar-refractivity contribution in [1.82, 2.24) is 0 Å². The van der Waals surface area contributed by atoms with Gasteiger partial charge in [0.25, 0.3) is 0 Å². The van der Waals surface area contributed by atoms with Crippen LogP contribution in [0.25, 0.3) is 0 Å². The number of hydrogen-bond donors (Lipinski definition) is 2. The number of aliphatic hydroxyl groups excluding tert-OH is 1. The number of fused-ring (bicyclic) bond motifs is 2. The molecule has 2 bridgehead atoms. The van der Waals surface area contributed by atoms with Gasteiger partial charge in [-0.3, -0.25) is 4.79 Å². The van der Waals surface area contributed by atoms with Gasteiger partial charge in [-0.25, -0.2) is 4.39 Å². The minimum atomic E-state index is -0.757. The largest absolute Gasteiger partial charge is 0.491 e. The van der Waals surface area contributed by atoms with E-state index < -0.39 is 12.1 Å². The van der Waals surface area contributed by atoms with E-state index >= 15 is 0 Å². The number of rotatable bonds is 11. The quantitative estimate of drug-likeness (QED) is 0.429. The molecule has 0 aliphatic carbocycles. The Balaban J connectivity index is 1.46. The third kappa shape index (κ3) is 6.41. The lowest BCUT2D eigenvalue weighted by atomic mass is 9.77. The average molecular weight is 404 g/mol. The van der Waals surface area contributed by atoms with Crippen LogP contribution in [0.4, 0.5) is 4.39 Å². The third-order valence-electron chi connectivity index (χ3n) is 5.61. The number of carboxylic acids is 1. The van der Waals surface area contributed by atoms with Gasteiger partial charge in [-0.15, -0.1) is 0 Å². The second kappa shape index (κ2) is 10.6. The number of aliphatic carboxylic acids is 1. The molecule has 1 aromatic carbocycles. The standard InChI is InChI=1S/C23H29FO5/c24-16-7-10-18(11-8-16)28-15-17(25)9-12-20-19(21-13-14-22(20)29-21)5-3-1-2-4-6-23(26)27/h1,3,7-12,17,19-22,25H,2,4-6,13-15H2,(H,26,27)/b3-1+,12-9+/t17-,19-,20?,21+,22-/m1/s1. The fourth-order valence-electron chi connectivity index (χ4n) is 4.15. The highest BCUT2D eigenvalue weighted by Gasteiger charge is 2.46. The van der Waals surface area contributed by atoms with E-state index in [-0.39, 0.29) is 37.0 Å². The molecule has 1 aromatic rings. The highest BCUT2D eigenvalue weighted by Crippen LogP contribution is 2.45. The van der Waals surface area contributed by atoms with Crippen LogP contribution in [0.1, 0.15) is 38.5 Å². The first kappa shape index (κ1) is 21.5. The monoisotopic (exact) mass is 404 g/mol. The molecule has 2 aliphatic rings. The van der Waals surface area contributed by atoms with Crippen molar-refractivity contribution in [2.24, 2.45) is 11.8 Å². The molecular weight excluding hydrogens is 375 g/mol. The molecule has 3 rings (SSSR count). The van der Waals surface area contributed by atoms with Gasteiger partial charge in [-0.2, -0.15) is 0 Å². The molecule has 158 valence electrons. The number of ether oxygens (including phenoxy) is 2. The van der Waals surface area contributed by atoms with Crippen LogP contribution in [0, 0.1) is 17.7 Å². The van der Waals surface area contributed by atoms with Gasteiger partial charge in [-0.1, -0.05) is 24.3 Å². The van der Waals surface area contributed by atoms with Gasteiger partial charge in [0.15, 0.2) is 0 Å². The predicted octanol–water partition coefficient (Wildman–Crippen LogP) is 4.12. The van der Waals surface area contributed by atoms with Crippen molar-refractivity contribution in [3.63, 3.8) is 0 Å². The normalized spacial score (nSPS) is 27.1. The van der Waals surface area contributed by atoms with Gasteiger partial charge in [0.1, 0.15) is 24.3 Å². The number of carboxylic acid groups (broad SMARTS) is 1. The fourth-order valence-corrected chi connectivity index (χ4v) is 4.15. The fraction of sp³-hybridized carbons (Fsp3) is 0.522. The van der Waals surface area contributed by atoms with Crippen LogP contribution in [-0.4, -0.2) is 41.1 Å². The summed E-state index contributed by atoms with van der Waals surface area (Å²) in [5.41, 5.74) is 0. The number of unbranched alkanes of at least 4 members (excludes halogenated alkanes) is 1. The molecule has 6 heteroatoms. The van der Waals surface area contributed by atoms with Gasteiger partial charge in [-0.05, 0) is 62.3 Å². The minimum Gasteiger partial charge on any atom is -0.491 e. The van der Waals surface area contributed by atoms with Crippen molar-refractivity contribution < 1.29 is 28.9 Å². The van der Waals surface area contributed by atoms with Crippen LogP contribution in [-0.2, 0) is 9.53 Å². The molecule has 2 N–H and O–H groups in total. The van der Waals surface area contributed by atoms with E-state index in [0.29, 0.717) is 18.1 Å². The topological polar surface area (TPSA) is 76.0 Å². The Bertz CT molecular complexity index is 714. The maximum Gasteiger partial charge on any atom is 0.303 e. The van der Waals surface area contributed by atoms with E-state index in [9.17, 15) is 14.3 Å². The molecule has 0 saturated carbocycles. The minimum absolute atomic E-state index is 0.109. The zero-order valence-electron chi connectivity index (χ0n) is 16.5. The molecule has 0 aromatic heterocycles. The molecule has 5 atom stereocenters. The molecule has 0 radical (unpaired) electrons. The SMILES string of the molecule is O=C(O)CCC/C=C/C[C@@H]1C(/C=C/[C@@H](O)COc2ccc(F)cc2)[C@H]2CC[C@@H]1O2. The lowest BCUT2D eigenvalue weighted by Crippen LogP contribution is -2.26. The number of allylic oxidation sites excluding steroid dienone is 2. The maximum absolute atomic E-state index is 12.9. The second-order valence-electron chi connectivity index (χ2n) is 7.74. The molecule has 2 saturated heterocycles. The number of hydrogen-bond acceptors (Lipinski definition) is 4. The average Bonchev–Trinajstić information content (AvgIpc) is 3.30. The molecule has 29 heavy (non-hydrogen) atoms. The predicted molar refractivity (Wildman–Crippen MR) is 107 cm³/mol. The van der Waals surface area contributed by atoms with Gasteiger partial charge >= 0.3 is 5.97 Å². The smallest absolute Gasteiger partial charge is 0.303 e. The summed E-state index contributed by atoms with van der Waals surface area (Å²) in [4.78, 5) is 10.5. The Kier molecular flexibility index (Phi) is 7.83. The number of benzene rings is 1. The van der Waals surface area contributed by atoms with E-state index in [1.54, 1.807) is 6.08 Å². The van der Waals surface area contributed by atoms with E-state index in [1.807, 2.05) is 6.08 Å². The molecule has 0 spiro atoms. The maximum atomic E-state index is 12.9. The Morgan fingerprint density at radius 3 is 2.76 bits per heavy atom. The zero-order chi connectivity index (χ0) is 20.6. The number of carbonyl (C=O) groups is 1. The molecular formula is C23H29FO5. The molecule has 5 nitrogen and oxygen atoms in total. The first-order chi connectivity index (χ1) is 14.0. The Labute approximate surface area is 170 Å². The Hall–Kier alpha value is -2.18. The molecule has 1 unspecified atom stereocenters. The van der Waals surface area contributed by atoms with Crippen molar-refractivity contribution in [3.8, 4) is 5.75 Å². The second-order valence-corrected chi connectivity index (χ2v) is 7.74. The first-order valence-corrected chi connectivity index (χ1v) is 10.3. The van der Waals surface area contributed by atoms with E-state index in [4.69, 9.17) is 14.6 Å². The van der Waals surface area contributed by atoms with Gasteiger partial charge < -0.3 is 19.7 Å². The molecule has 0 amide bonds. The summed E-state index contributed by atoms with van der Waals surface area (Å²) in [6.07, 6.45) is 12.3. The van der Waals surface area contributed by atoms with Crippen LogP contribution in [0.15, 0.2) is 48.6 Å². The lowest BCUT2D eigenvalue weighted by Gasteiger charge is -2.25. The van der Waals surface area contributed by atoms with Gasteiger partial charge in [0.2, 0.25) is 0 Å². The first-order valence-electron chi connectivity index (χ1n) is 10.3.